The third kappa shape index (κ3) is 3.01. The first-order valence-electron chi connectivity index (χ1n) is 7.22. The molecule has 0 spiro atoms. The Morgan fingerprint density at radius 3 is 2.68 bits per heavy atom. The van der Waals surface area contributed by atoms with Crippen molar-refractivity contribution < 1.29 is 0 Å². The molecule has 1 N–H and O–H groups in total. The standard InChI is InChI=1S/C17H26N2/c1-5-11-17(18-16-9-7-6-8-10-16)12-15(3)19(4)13-14(17)2/h5-10,14-15,18H,1,11-13H2,2-4H3/t14-,15+,17+/m1/s1. The molecule has 1 saturated heterocycles. The number of rotatable bonds is 4. The van der Waals surface area contributed by atoms with E-state index >= 15 is 0 Å². The smallest absolute Gasteiger partial charge is 0.0460 e. The Morgan fingerprint density at radius 1 is 1.37 bits per heavy atom. The third-order valence-corrected chi connectivity index (χ3v) is 4.59. The van der Waals surface area contributed by atoms with Crippen LogP contribution < -0.4 is 5.32 Å². The number of para-hydroxylation sites is 1. The highest BCUT2D eigenvalue weighted by atomic mass is 15.2. The van der Waals surface area contributed by atoms with Crippen molar-refractivity contribution in [1.29, 1.82) is 0 Å². The molecule has 2 rings (SSSR count). The van der Waals surface area contributed by atoms with Crippen molar-refractivity contribution in [2.75, 3.05) is 18.9 Å². The fourth-order valence-corrected chi connectivity index (χ4v) is 3.25. The van der Waals surface area contributed by atoms with Gasteiger partial charge in [-0.15, -0.1) is 6.58 Å². The van der Waals surface area contributed by atoms with Gasteiger partial charge in [0.25, 0.3) is 0 Å². The summed E-state index contributed by atoms with van der Waals surface area (Å²) in [4.78, 5) is 2.46. The van der Waals surface area contributed by atoms with Gasteiger partial charge in [0.1, 0.15) is 0 Å². The average Bonchev–Trinajstić information content (AvgIpc) is 2.38. The van der Waals surface area contributed by atoms with Crippen molar-refractivity contribution in [1.82, 2.24) is 4.90 Å². The first-order valence-corrected chi connectivity index (χ1v) is 7.22. The van der Waals surface area contributed by atoms with Crippen molar-refractivity contribution in [2.45, 2.75) is 38.3 Å². The van der Waals surface area contributed by atoms with Crippen LogP contribution in [-0.2, 0) is 0 Å². The summed E-state index contributed by atoms with van der Waals surface area (Å²) >= 11 is 0. The lowest BCUT2D eigenvalue weighted by Gasteiger charge is -2.49. The molecule has 1 aliphatic rings. The van der Waals surface area contributed by atoms with E-state index in [1.807, 2.05) is 0 Å². The van der Waals surface area contributed by atoms with Crippen LogP contribution in [0.15, 0.2) is 43.0 Å². The number of nitrogens with zero attached hydrogens (tertiary/aromatic N) is 1. The zero-order valence-corrected chi connectivity index (χ0v) is 12.4. The van der Waals surface area contributed by atoms with Crippen molar-refractivity contribution in [2.24, 2.45) is 5.92 Å². The molecule has 0 aromatic heterocycles. The maximum absolute atomic E-state index is 3.97. The van der Waals surface area contributed by atoms with E-state index in [0.717, 1.165) is 19.4 Å². The molecule has 1 aromatic carbocycles. The van der Waals surface area contributed by atoms with E-state index in [0.29, 0.717) is 12.0 Å². The molecule has 0 unspecified atom stereocenters. The quantitative estimate of drug-likeness (QED) is 0.827. The number of hydrogen-bond acceptors (Lipinski definition) is 2. The second-order valence-electron chi connectivity index (χ2n) is 6.03. The molecule has 1 aliphatic heterocycles. The van der Waals surface area contributed by atoms with Gasteiger partial charge in [-0.05, 0) is 44.9 Å². The van der Waals surface area contributed by atoms with Crippen LogP contribution in [0.1, 0.15) is 26.7 Å². The molecule has 19 heavy (non-hydrogen) atoms. The summed E-state index contributed by atoms with van der Waals surface area (Å²) in [5.74, 6) is 0.604. The topological polar surface area (TPSA) is 15.3 Å². The molecule has 1 heterocycles. The fourth-order valence-electron chi connectivity index (χ4n) is 3.25. The largest absolute Gasteiger partial charge is 0.379 e. The van der Waals surface area contributed by atoms with Crippen LogP contribution in [-0.4, -0.2) is 30.1 Å². The van der Waals surface area contributed by atoms with E-state index in [9.17, 15) is 0 Å². The molecule has 2 heteroatoms. The van der Waals surface area contributed by atoms with E-state index < -0.39 is 0 Å². The maximum atomic E-state index is 3.97. The highest BCUT2D eigenvalue weighted by Crippen LogP contribution is 2.37. The zero-order valence-electron chi connectivity index (χ0n) is 12.4. The molecule has 0 radical (unpaired) electrons. The molecule has 0 saturated carbocycles. The van der Waals surface area contributed by atoms with Crippen molar-refractivity contribution in [3.8, 4) is 0 Å². The molecule has 0 amide bonds. The Hall–Kier alpha value is -1.28. The summed E-state index contributed by atoms with van der Waals surface area (Å²) in [6.07, 6.45) is 4.23. The molecule has 2 nitrogen and oxygen atoms in total. The first-order chi connectivity index (χ1) is 9.07. The first kappa shape index (κ1) is 14.1. The van der Waals surface area contributed by atoms with Crippen LogP contribution in [0.4, 0.5) is 5.69 Å². The van der Waals surface area contributed by atoms with Crippen LogP contribution in [0.3, 0.4) is 0 Å². The van der Waals surface area contributed by atoms with Gasteiger partial charge in [0.2, 0.25) is 0 Å². The highest BCUT2D eigenvalue weighted by Gasteiger charge is 2.41. The third-order valence-electron chi connectivity index (χ3n) is 4.59. The predicted molar refractivity (Wildman–Crippen MR) is 83.5 cm³/mol. The van der Waals surface area contributed by atoms with Crippen LogP contribution >= 0.6 is 0 Å². The Balaban J connectivity index is 2.24. The van der Waals surface area contributed by atoms with Gasteiger partial charge in [0.05, 0.1) is 0 Å². The van der Waals surface area contributed by atoms with Crippen LogP contribution in [0, 0.1) is 5.92 Å². The Bertz CT molecular complexity index is 415. The summed E-state index contributed by atoms with van der Waals surface area (Å²) in [7, 11) is 2.22. The molecule has 0 aliphatic carbocycles. The Morgan fingerprint density at radius 2 is 2.05 bits per heavy atom. The van der Waals surface area contributed by atoms with E-state index in [-0.39, 0.29) is 5.54 Å². The monoisotopic (exact) mass is 258 g/mol. The summed E-state index contributed by atoms with van der Waals surface area (Å²) in [6, 6.07) is 11.2. The van der Waals surface area contributed by atoms with Crippen molar-refractivity contribution in [3.63, 3.8) is 0 Å². The molecule has 104 valence electrons. The van der Waals surface area contributed by atoms with Crippen LogP contribution in [0.2, 0.25) is 0 Å². The number of piperidine rings is 1. The molecule has 1 aromatic rings. The van der Waals surface area contributed by atoms with Crippen molar-refractivity contribution in [3.05, 3.63) is 43.0 Å². The predicted octanol–water partition coefficient (Wildman–Crippen LogP) is 3.77. The minimum Gasteiger partial charge on any atom is -0.379 e. The normalized spacial score (nSPS) is 31.9. The molecule has 0 bridgehead atoms. The van der Waals surface area contributed by atoms with Gasteiger partial charge in [0.15, 0.2) is 0 Å². The second-order valence-corrected chi connectivity index (χ2v) is 6.03. The number of likely N-dealkylation sites (tertiary alicyclic amines) is 1. The SMILES string of the molecule is C=CC[C@]1(Nc2ccccc2)C[C@H](C)N(C)C[C@H]1C. The van der Waals surface area contributed by atoms with Crippen LogP contribution in [0.5, 0.6) is 0 Å². The number of hydrogen-bond donors (Lipinski definition) is 1. The van der Waals surface area contributed by atoms with Gasteiger partial charge in [0, 0.05) is 23.8 Å². The zero-order chi connectivity index (χ0) is 13.9. The lowest BCUT2D eigenvalue weighted by Crippen LogP contribution is -2.57. The molecule has 3 atom stereocenters. The lowest BCUT2D eigenvalue weighted by molar-refractivity contribution is 0.0928. The second kappa shape index (κ2) is 5.79. The van der Waals surface area contributed by atoms with E-state index in [1.165, 1.54) is 5.69 Å². The Kier molecular flexibility index (Phi) is 4.31. The molecular weight excluding hydrogens is 232 g/mol. The summed E-state index contributed by atoms with van der Waals surface area (Å²) in [6.45, 7) is 9.77. The summed E-state index contributed by atoms with van der Waals surface area (Å²) in [5, 5.41) is 3.80. The van der Waals surface area contributed by atoms with Crippen LogP contribution in [0.25, 0.3) is 0 Å². The summed E-state index contributed by atoms with van der Waals surface area (Å²) < 4.78 is 0. The fraction of sp³-hybridized carbons (Fsp3) is 0.529. The van der Waals surface area contributed by atoms with E-state index in [1.54, 1.807) is 0 Å². The highest BCUT2D eigenvalue weighted by molar-refractivity contribution is 5.46. The van der Waals surface area contributed by atoms with Gasteiger partial charge in [-0.1, -0.05) is 31.2 Å². The van der Waals surface area contributed by atoms with Gasteiger partial charge in [-0.2, -0.15) is 0 Å². The lowest BCUT2D eigenvalue weighted by atomic mass is 9.73. The minimum absolute atomic E-state index is 0.134. The van der Waals surface area contributed by atoms with Gasteiger partial charge < -0.3 is 10.2 Å². The average molecular weight is 258 g/mol. The number of anilines is 1. The van der Waals surface area contributed by atoms with Gasteiger partial charge in [-0.3, -0.25) is 0 Å². The van der Waals surface area contributed by atoms with Gasteiger partial charge in [-0.25, -0.2) is 0 Å². The maximum Gasteiger partial charge on any atom is 0.0460 e. The molecular formula is C17H26N2. The Labute approximate surface area is 117 Å². The van der Waals surface area contributed by atoms with Crippen molar-refractivity contribution >= 4 is 5.69 Å². The molecule has 1 fully saturated rings. The van der Waals surface area contributed by atoms with E-state index in [2.05, 4.69) is 74.1 Å². The number of nitrogens with one attached hydrogen (secondary N) is 1. The van der Waals surface area contributed by atoms with Gasteiger partial charge >= 0.3 is 0 Å². The summed E-state index contributed by atoms with van der Waals surface area (Å²) in [5.41, 5.74) is 1.35. The number of benzene rings is 1. The van der Waals surface area contributed by atoms with E-state index in [4.69, 9.17) is 0 Å². The minimum atomic E-state index is 0.134.